The van der Waals surface area contributed by atoms with Crippen LogP contribution in [-0.2, 0) is 33.3 Å². The van der Waals surface area contributed by atoms with Crippen LogP contribution >= 0.6 is 0 Å². The third-order valence-electron chi connectivity index (χ3n) is 18.4. The number of carboxylic acid groups (broad SMARTS) is 1. The zero-order valence-electron chi connectivity index (χ0n) is 61.5. The average Bonchev–Trinajstić information content (AvgIpc) is 3.46. The standard InChI is InChI=1S/C82H155NO8/c1-6-8-10-12-14-16-18-20-22-24-26-28-30-32-34-35-36-37-38-39-40-41-42-43-44-45-47-48-50-52-54-56-58-60-62-64-66-68-70-72-79(84)89-76-78(77-90-82(81(86)87)88-75-74-83(3,4)5)91-80(85)73-71-69-67-65-63-61-59-57-55-53-51-49-46-33-31-29-27-25-23-21-19-17-15-13-11-9-7-2/h19,21,24-27,78,82H,6-18,20,22-23,28-77H2,1-5H3/b21-19-,26-24-,27-25-. The van der Waals surface area contributed by atoms with E-state index in [1.165, 1.54) is 340 Å². The Morgan fingerprint density at radius 2 is 0.593 bits per heavy atom. The Bertz CT molecular complexity index is 1590. The molecule has 0 rings (SSSR count). The lowest BCUT2D eigenvalue weighted by atomic mass is 10.0. The lowest BCUT2D eigenvalue weighted by Crippen LogP contribution is -2.44. The first-order chi connectivity index (χ1) is 44.6. The van der Waals surface area contributed by atoms with E-state index >= 15 is 0 Å². The highest BCUT2D eigenvalue weighted by molar-refractivity contribution is 5.70. The SMILES string of the molecule is CCCCCCC/C=C\C/C=C\CCCCCCCCCCCCCCCCCC(=O)OC(COC(=O)CCCCCCCCCCCCCCCCCCCCCCCCCCCCC/C=C\CCCCCCCCCC)COC(OCC[N+](C)(C)C)C(=O)[O-]. The van der Waals surface area contributed by atoms with Crippen molar-refractivity contribution < 1.29 is 42.9 Å². The Balaban J connectivity index is 3.94. The molecule has 0 spiro atoms. The smallest absolute Gasteiger partial charge is 0.306 e. The van der Waals surface area contributed by atoms with Gasteiger partial charge < -0.3 is 33.3 Å². The number of carboxylic acids is 1. The van der Waals surface area contributed by atoms with Crippen LogP contribution in [-0.4, -0.2) is 82.3 Å². The molecule has 0 saturated heterocycles. The largest absolute Gasteiger partial charge is 0.545 e. The van der Waals surface area contributed by atoms with Gasteiger partial charge in [-0.1, -0.05) is 365 Å². The summed E-state index contributed by atoms with van der Waals surface area (Å²) in [5.74, 6) is -2.25. The molecular weight excluding hydrogens is 1130 g/mol. The number of rotatable bonds is 76. The Morgan fingerprint density at radius 1 is 0.330 bits per heavy atom. The molecule has 0 saturated carbocycles. The summed E-state index contributed by atoms with van der Waals surface area (Å²) >= 11 is 0. The predicted molar refractivity (Wildman–Crippen MR) is 389 cm³/mol. The first kappa shape index (κ1) is 88.5. The Hall–Kier alpha value is -2.49. The molecule has 0 aliphatic rings. The highest BCUT2D eigenvalue weighted by Crippen LogP contribution is 2.20. The molecule has 0 bridgehead atoms. The van der Waals surface area contributed by atoms with Crippen LogP contribution in [0, 0.1) is 0 Å². The highest BCUT2D eigenvalue weighted by Gasteiger charge is 2.22. The molecule has 0 fully saturated rings. The van der Waals surface area contributed by atoms with E-state index in [1.54, 1.807) is 0 Å². The van der Waals surface area contributed by atoms with Crippen molar-refractivity contribution in [1.29, 1.82) is 0 Å². The van der Waals surface area contributed by atoms with Gasteiger partial charge in [-0.3, -0.25) is 9.59 Å². The van der Waals surface area contributed by atoms with Gasteiger partial charge in [-0.2, -0.15) is 0 Å². The van der Waals surface area contributed by atoms with Gasteiger partial charge in [-0.25, -0.2) is 0 Å². The molecule has 0 radical (unpaired) electrons. The minimum Gasteiger partial charge on any atom is -0.545 e. The number of esters is 2. The van der Waals surface area contributed by atoms with Crippen molar-refractivity contribution in [2.75, 3.05) is 47.5 Å². The number of carbonyl (C=O) groups excluding carboxylic acids is 3. The Labute approximate surface area is 566 Å². The third kappa shape index (κ3) is 74.8. The number of unbranched alkanes of at least 4 members (excludes halogenated alkanes) is 55. The molecule has 2 atom stereocenters. The summed E-state index contributed by atoms with van der Waals surface area (Å²) < 4.78 is 22.9. The van der Waals surface area contributed by atoms with Gasteiger partial charge in [0.25, 0.3) is 0 Å². The quantitative estimate of drug-likeness (QED) is 0.0195. The lowest BCUT2D eigenvalue weighted by molar-refractivity contribution is -0.870. The monoisotopic (exact) mass is 1280 g/mol. The van der Waals surface area contributed by atoms with Crippen LogP contribution in [0.3, 0.4) is 0 Å². The van der Waals surface area contributed by atoms with Crippen molar-refractivity contribution in [3.05, 3.63) is 36.5 Å². The number of nitrogens with zero attached hydrogens (tertiary/aromatic N) is 1. The molecule has 91 heavy (non-hydrogen) atoms. The van der Waals surface area contributed by atoms with E-state index in [9.17, 15) is 19.5 Å². The van der Waals surface area contributed by atoms with Crippen LogP contribution < -0.4 is 5.11 Å². The topological polar surface area (TPSA) is 111 Å². The van der Waals surface area contributed by atoms with Gasteiger partial charge in [0.2, 0.25) is 0 Å². The Kier molecular flexibility index (Phi) is 71.3. The summed E-state index contributed by atoms with van der Waals surface area (Å²) in [7, 11) is 5.95. The van der Waals surface area contributed by atoms with Crippen molar-refractivity contribution in [3.8, 4) is 0 Å². The summed E-state index contributed by atoms with van der Waals surface area (Å²) in [6.45, 7) is 4.81. The summed E-state index contributed by atoms with van der Waals surface area (Å²) in [6, 6.07) is 0. The summed E-state index contributed by atoms with van der Waals surface area (Å²) in [4.78, 5) is 37.6. The molecule has 536 valence electrons. The maximum absolute atomic E-state index is 13.0. The van der Waals surface area contributed by atoms with Gasteiger partial charge in [0.15, 0.2) is 12.4 Å². The van der Waals surface area contributed by atoms with Crippen molar-refractivity contribution in [3.63, 3.8) is 0 Å². The van der Waals surface area contributed by atoms with Crippen molar-refractivity contribution >= 4 is 17.9 Å². The maximum Gasteiger partial charge on any atom is 0.306 e. The van der Waals surface area contributed by atoms with E-state index in [1.807, 2.05) is 21.1 Å². The molecule has 0 heterocycles. The first-order valence-electron chi connectivity index (χ1n) is 40.1. The maximum atomic E-state index is 13.0. The number of ether oxygens (including phenoxy) is 4. The summed E-state index contributed by atoms with van der Waals surface area (Å²) in [6.07, 6.45) is 91.4. The minimum absolute atomic E-state index is 0.151. The van der Waals surface area contributed by atoms with E-state index in [0.717, 1.165) is 44.9 Å². The Morgan fingerprint density at radius 3 is 0.879 bits per heavy atom. The second-order valence-corrected chi connectivity index (χ2v) is 28.7. The summed E-state index contributed by atoms with van der Waals surface area (Å²) in [5, 5.41) is 11.9. The normalized spacial score (nSPS) is 12.8. The number of carbonyl (C=O) groups is 3. The van der Waals surface area contributed by atoms with Crippen LogP contribution in [0.2, 0.25) is 0 Å². The predicted octanol–water partition coefficient (Wildman–Crippen LogP) is 24.2. The second kappa shape index (κ2) is 73.3. The minimum atomic E-state index is -1.62. The van der Waals surface area contributed by atoms with Crippen LogP contribution in [0.5, 0.6) is 0 Å². The average molecular weight is 1280 g/mol. The highest BCUT2D eigenvalue weighted by atomic mass is 16.7. The number of allylic oxidation sites excluding steroid dienone is 6. The van der Waals surface area contributed by atoms with Crippen LogP contribution in [0.1, 0.15) is 412 Å². The molecule has 9 heteroatoms. The van der Waals surface area contributed by atoms with E-state index in [0.29, 0.717) is 17.4 Å². The number of aliphatic carboxylic acids is 1. The number of hydrogen-bond acceptors (Lipinski definition) is 8. The van der Waals surface area contributed by atoms with E-state index in [-0.39, 0.29) is 32.2 Å². The van der Waals surface area contributed by atoms with Gasteiger partial charge in [0.1, 0.15) is 13.2 Å². The molecule has 0 aromatic heterocycles. The van der Waals surface area contributed by atoms with Crippen molar-refractivity contribution in [2.24, 2.45) is 0 Å². The first-order valence-corrected chi connectivity index (χ1v) is 40.1. The van der Waals surface area contributed by atoms with Crippen molar-refractivity contribution in [1.82, 2.24) is 0 Å². The zero-order valence-corrected chi connectivity index (χ0v) is 61.5. The van der Waals surface area contributed by atoms with Gasteiger partial charge in [-0.15, -0.1) is 0 Å². The molecule has 9 nitrogen and oxygen atoms in total. The number of likely N-dealkylation sites (N-methyl/N-ethyl adjacent to an activating group) is 1. The fraction of sp³-hybridized carbons (Fsp3) is 0.890. The number of hydrogen-bond donors (Lipinski definition) is 0. The van der Waals surface area contributed by atoms with Gasteiger partial charge in [0, 0.05) is 12.8 Å². The van der Waals surface area contributed by atoms with Crippen LogP contribution in [0.25, 0.3) is 0 Å². The van der Waals surface area contributed by atoms with E-state index in [4.69, 9.17) is 18.9 Å². The second-order valence-electron chi connectivity index (χ2n) is 28.7. The molecule has 0 N–H and O–H groups in total. The molecule has 0 aliphatic heterocycles. The third-order valence-corrected chi connectivity index (χ3v) is 18.4. The zero-order chi connectivity index (χ0) is 66.1. The molecule has 0 aromatic carbocycles. The molecule has 2 unspecified atom stereocenters. The number of quaternary nitrogens is 1. The van der Waals surface area contributed by atoms with Crippen LogP contribution in [0.4, 0.5) is 0 Å². The molecule has 0 amide bonds. The van der Waals surface area contributed by atoms with Gasteiger partial charge in [0.05, 0.1) is 40.3 Å². The fourth-order valence-corrected chi connectivity index (χ4v) is 12.2. The fourth-order valence-electron chi connectivity index (χ4n) is 12.2. The molecule has 0 aromatic rings. The molecular formula is C82H155NO8. The van der Waals surface area contributed by atoms with E-state index < -0.39 is 24.3 Å². The van der Waals surface area contributed by atoms with Crippen molar-refractivity contribution in [2.45, 2.75) is 424 Å². The van der Waals surface area contributed by atoms with Gasteiger partial charge in [-0.05, 0) is 70.6 Å². The molecule has 0 aliphatic carbocycles. The lowest BCUT2D eigenvalue weighted by Gasteiger charge is -2.26. The van der Waals surface area contributed by atoms with Gasteiger partial charge >= 0.3 is 11.9 Å². The van der Waals surface area contributed by atoms with Crippen LogP contribution in [0.15, 0.2) is 36.5 Å². The van der Waals surface area contributed by atoms with E-state index in [2.05, 4.69) is 50.3 Å². The summed E-state index contributed by atoms with van der Waals surface area (Å²) in [5.41, 5.74) is 0.